The van der Waals surface area contributed by atoms with Gasteiger partial charge in [0.1, 0.15) is 5.75 Å². The summed E-state index contributed by atoms with van der Waals surface area (Å²) in [5, 5.41) is 0. The first-order valence-corrected chi connectivity index (χ1v) is 4.36. The van der Waals surface area contributed by atoms with Gasteiger partial charge in [-0.1, -0.05) is 6.92 Å². The van der Waals surface area contributed by atoms with Crippen molar-refractivity contribution >= 4 is 0 Å². The minimum absolute atomic E-state index is 0.702. The molecule has 0 N–H and O–H groups in total. The number of pyridine rings is 1. The maximum absolute atomic E-state index is 5.34. The smallest absolute Gasteiger partial charge is 0.137 e. The molecule has 0 aliphatic carbocycles. The van der Waals surface area contributed by atoms with Crippen LogP contribution in [-0.2, 0) is 6.42 Å². The van der Waals surface area contributed by atoms with Gasteiger partial charge in [-0.2, -0.15) is 0 Å². The minimum Gasteiger partial charge on any atom is -0.492 e. The molecule has 12 heavy (non-hydrogen) atoms. The van der Waals surface area contributed by atoms with Crippen molar-refractivity contribution in [3.63, 3.8) is 0 Å². The Bertz CT molecular complexity index is 258. The first-order valence-electron chi connectivity index (χ1n) is 4.36. The molecule has 0 aliphatic heterocycles. The molecule has 1 rings (SSSR count). The lowest BCUT2D eigenvalue weighted by Crippen LogP contribution is -1.96. The summed E-state index contributed by atoms with van der Waals surface area (Å²) in [4.78, 5) is 4.24. The predicted molar refractivity (Wildman–Crippen MR) is 49.5 cm³/mol. The van der Waals surface area contributed by atoms with E-state index in [9.17, 15) is 0 Å². The van der Waals surface area contributed by atoms with Gasteiger partial charge in [0.25, 0.3) is 0 Å². The van der Waals surface area contributed by atoms with E-state index >= 15 is 0 Å². The number of aryl methyl sites for hydroxylation is 2. The van der Waals surface area contributed by atoms with Crippen LogP contribution in [0.1, 0.15) is 25.1 Å². The molecule has 1 aromatic rings. The molecular weight excluding hydrogens is 150 g/mol. The first kappa shape index (κ1) is 9.04. The van der Waals surface area contributed by atoms with Crippen molar-refractivity contribution in [1.82, 2.24) is 4.98 Å². The van der Waals surface area contributed by atoms with Gasteiger partial charge in [-0.3, -0.25) is 4.98 Å². The summed E-state index contributed by atoms with van der Waals surface area (Å²) in [6, 6.07) is 2.06. The van der Waals surface area contributed by atoms with Gasteiger partial charge in [0.2, 0.25) is 0 Å². The third-order valence-electron chi connectivity index (χ3n) is 1.86. The van der Waals surface area contributed by atoms with Gasteiger partial charge in [0, 0.05) is 5.69 Å². The molecule has 0 saturated carbocycles. The Morgan fingerprint density at radius 3 is 2.75 bits per heavy atom. The zero-order chi connectivity index (χ0) is 8.97. The van der Waals surface area contributed by atoms with Crippen molar-refractivity contribution in [2.75, 3.05) is 6.61 Å². The van der Waals surface area contributed by atoms with Crippen LogP contribution in [0, 0.1) is 6.92 Å². The van der Waals surface area contributed by atoms with E-state index in [4.69, 9.17) is 4.74 Å². The fourth-order valence-corrected chi connectivity index (χ4v) is 1.16. The number of aromatic nitrogens is 1. The highest BCUT2D eigenvalue weighted by Crippen LogP contribution is 2.14. The van der Waals surface area contributed by atoms with Gasteiger partial charge in [0.15, 0.2) is 0 Å². The number of hydrogen-bond donors (Lipinski definition) is 0. The highest BCUT2D eigenvalue weighted by Gasteiger charge is 1.99. The molecule has 0 saturated heterocycles. The summed E-state index contributed by atoms with van der Waals surface area (Å²) in [5.74, 6) is 0.875. The summed E-state index contributed by atoms with van der Waals surface area (Å²) in [7, 11) is 0. The molecule has 2 nitrogen and oxygen atoms in total. The predicted octanol–water partition coefficient (Wildman–Crippen LogP) is 2.35. The highest BCUT2D eigenvalue weighted by atomic mass is 16.5. The van der Waals surface area contributed by atoms with Crippen LogP contribution < -0.4 is 4.74 Å². The largest absolute Gasteiger partial charge is 0.492 e. The zero-order valence-corrected chi connectivity index (χ0v) is 7.92. The van der Waals surface area contributed by atoms with Crippen LogP contribution in [0.25, 0.3) is 0 Å². The number of hydrogen-bond acceptors (Lipinski definition) is 2. The molecule has 0 atom stereocenters. The van der Waals surface area contributed by atoms with Crippen molar-refractivity contribution in [2.24, 2.45) is 0 Å². The maximum atomic E-state index is 5.34. The summed E-state index contributed by atoms with van der Waals surface area (Å²) in [6.07, 6.45) is 2.79. The summed E-state index contributed by atoms with van der Waals surface area (Å²) >= 11 is 0. The highest BCUT2D eigenvalue weighted by molar-refractivity contribution is 5.28. The Hall–Kier alpha value is -1.05. The Balaban J connectivity index is 2.89. The second-order valence-corrected chi connectivity index (χ2v) is 2.70. The van der Waals surface area contributed by atoms with Crippen molar-refractivity contribution in [3.8, 4) is 5.75 Å². The van der Waals surface area contributed by atoms with E-state index < -0.39 is 0 Å². The molecule has 0 fully saturated rings. The fourth-order valence-electron chi connectivity index (χ4n) is 1.16. The second kappa shape index (κ2) is 4.10. The van der Waals surface area contributed by atoms with Crippen LogP contribution in [0.2, 0.25) is 0 Å². The number of nitrogens with zero attached hydrogens (tertiary/aromatic N) is 1. The molecular formula is C10H15NO. The average Bonchev–Trinajstić information content (AvgIpc) is 2.09. The summed E-state index contributed by atoms with van der Waals surface area (Å²) in [5.41, 5.74) is 2.36. The van der Waals surface area contributed by atoms with Crippen LogP contribution in [0.15, 0.2) is 12.3 Å². The Morgan fingerprint density at radius 1 is 1.42 bits per heavy atom. The lowest BCUT2D eigenvalue weighted by Gasteiger charge is -2.06. The summed E-state index contributed by atoms with van der Waals surface area (Å²) < 4.78 is 5.34. The van der Waals surface area contributed by atoms with Crippen LogP contribution >= 0.6 is 0 Å². The van der Waals surface area contributed by atoms with E-state index in [1.54, 1.807) is 6.20 Å². The molecule has 0 spiro atoms. The third kappa shape index (κ3) is 1.97. The number of rotatable bonds is 3. The maximum Gasteiger partial charge on any atom is 0.137 e. The SMILES string of the molecule is CCOc1cnc(C)c(CC)c1. The van der Waals surface area contributed by atoms with Gasteiger partial charge >= 0.3 is 0 Å². The van der Waals surface area contributed by atoms with E-state index in [2.05, 4.69) is 18.0 Å². The molecule has 2 heteroatoms. The zero-order valence-electron chi connectivity index (χ0n) is 7.92. The van der Waals surface area contributed by atoms with Crippen LogP contribution in [0.3, 0.4) is 0 Å². The third-order valence-corrected chi connectivity index (χ3v) is 1.86. The molecule has 0 amide bonds. The van der Waals surface area contributed by atoms with E-state index in [0.717, 1.165) is 17.9 Å². The van der Waals surface area contributed by atoms with E-state index in [-0.39, 0.29) is 0 Å². The Kier molecular flexibility index (Phi) is 3.09. The second-order valence-electron chi connectivity index (χ2n) is 2.70. The average molecular weight is 165 g/mol. The van der Waals surface area contributed by atoms with Crippen molar-refractivity contribution in [3.05, 3.63) is 23.5 Å². The van der Waals surface area contributed by atoms with Crippen LogP contribution in [0.4, 0.5) is 0 Å². The minimum atomic E-state index is 0.702. The Morgan fingerprint density at radius 2 is 2.17 bits per heavy atom. The van der Waals surface area contributed by atoms with Gasteiger partial charge in [0.05, 0.1) is 12.8 Å². The van der Waals surface area contributed by atoms with E-state index in [0.29, 0.717) is 6.61 Å². The van der Waals surface area contributed by atoms with E-state index in [1.165, 1.54) is 5.56 Å². The van der Waals surface area contributed by atoms with Gasteiger partial charge < -0.3 is 4.74 Å². The van der Waals surface area contributed by atoms with Gasteiger partial charge in [-0.05, 0) is 31.9 Å². The molecule has 1 heterocycles. The quantitative estimate of drug-likeness (QED) is 0.686. The lowest BCUT2D eigenvalue weighted by atomic mass is 10.1. The topological polar surface area (TPSA) is 22.1 Å². The van der Waals surface area contributed by atoms with Crippen LogP contribution in [-0.4, -0.2) is 11.6 Å². The van der Waals surface area contributed by atoms with E-state index in [1.807, 2.05) is 13.8 Å². The first-order chi connectivity index (χ1) is 5.77. The lowest BCUT2D eigenvalue weighted by molar-refractivity contribution is 0.338. The van der Waals surface area contributed by atoms with Gasteiger partial charge in [-0.15, -0.1) is 0 Å². The fraction of sp³-hybridized carbons (Fsp3) is 0.500. The van der Waals surface area contributed by atoms with Crippen molar-refractivity contribution < 1.29 is 4.74 Å². The Labute approximate surface area is 73.6 Å². The monoisotopic (exact) mass is 165 g/mol. The molecule has 0 aliphatic rings. The molecule has 66 valence electrons. The van der Waals surface area contributed by atoms with Crippen LogP contribution in [0.5, 0.6) is 5.75 Å². The molecule has 0 radical (unpaired) electrons. The standard InChI is InChI=1S/C10H15NO/c1-4-9-6-10(12-5-2)7-11-8(9)3/h6-7H,4-5H2,1-3H3. The number of ether oxygens (including phenoxy) is 1. The molecule has 0 bridgehead atoms. The van der Waals surface area contributed by atoms with Crippen molar-refractivity contribution in [2.45, 2.75) is 27.2 Å². The van der Waals surface area contributed by atoms with Crippen molar-refractivity contribution in [1.29, 1.82) is 0 Å². The molecule has 0 unspecified atom stereocenters. The molecule has 0 aromatic carbocycles. The van der Waals surface area contributed by atoms with Gasteiger partial charge in [-0.25, -0.2) is 0 Å². The normalized spacial score (nSPS) is 9.92. The summed E-state index contributed by atoms with van der Waals surface area (Å²) in [6.45, 7) is 6.83. The molecule has 1 aromatic heterocycles.